The van der Waals surface area contributed by atoms with E-state index in [2.05, 4.69) is 4.98 Å². The summed E-state index contributed by atoms with van der Waals surface area (Å²) in [6.45, 7) is 0. The quantitative estimate of drug-likeness (QED) is 0.668. The second-order valence-corrected chi connectivity index (χ2v) is 4.66. The van der Waals surface area contributed by atoms with Crippen molar-refractivity contribution in [3.05, 3.63) is 53.3 Å². The monoisotopic (exact) mass is 250 g/mol. The molecule has 0 aliphatic rings. The van der Waals surface area contributed by atoms with Crippen molar-refractivity contribution in [2.24, 2.45) is 0 Å². The van der Waals surface area contributed by atoms with Crippen LogP contribution in [0.3, 0.4) is 0 Å². The third-order valence-electron chi connectivity index (χ3n) is 2.09. The minimum Gasteiger partial charge on any atom is -0.398 e. The van der Waals surface area contributed by atoms with Gasteiger partial charge in [0.25, 0.3) is 0 Å². The summed E-state index contributed by atoms with van der Waals surface area (Å²) in [4.78, 5) is 5.17. The van der Waals surface area contributed by atoms with Crippen LogP contribution in [-0.4, -0.2) is 4.98 Å². The highest BCUT2D eigenvalue weighted by Crippen LogP contribution is 2.33. The molecule has 0 aliphatic carbocycles. The van der Waals surface area contributed by atoms with Crippen molar-refractivity contribution in [1.29, 1.82) is 0 Å². The molecule has 0 amide bonds. The van der Waals surface area contributed by atoms with Crippen molar-refractivity contribution >= 4 is 29.1 Å². The molecule has 1 heterocycles. The van der Waals surface area contributed by atoms with E-state index < -0.39 is 0 Å². The van der Waals surface area contributed by atoms with E-state index in [0.717, 1.165) is 16.3 Å². The van der Waals surface area contributed by atoms with Crippen LogP contribution in [0, 0.1) is 0 Å². The first-order valence-corrected chi connectivity index (χ1v) is 6.20. The van der Waals surface area contributed by atoms with Crippen molar-refractivity contribution in [3.63, 3.8) is 0 Å². The smallest absolute Gasteiger partial charge is 0.0562 e. The van der Waals surface area contributed by atoms with Gasteiger partial charge >= 0.3 is 0 Å². The molecule has 0 radical (unpaired) electrons. The maximum Gasteiger partial charge on any atom is 0.0562 e. The van der Waals surface area contributed by atoms with E-state index in [1.165, 1.54) is 0 Å². The lowest BCUT2D eigenvalue weighted by atomic mass is 10.3. The zero-order chi connectivity index (χ0) is 11.4. The van der Waals surface area contributed by atoms with Crippen molar-refractivity contribution in [2.75, 3.05) is 5.73 Å². The number of nitrogens with two attached hydrogens (primary N) is 1. The average Bonchev–Trinajstić information content (AvgIpc) is 2.30. The van der Waals surface area contributed by atoms with Gasteiger partial charge in [-0.15, -0.1) is 11.8 Å². The summed E-state index contributed by atoms with van der Waals surface area (Å²) in [5.74, 6) is 0.773. The Kier molecular flexibility index (Phi) is 3.70. The minimum absolute atomic E-state index is 0.695. The fraction of sp³-hybridized carbons (Fsp3) is 0.0833. The van der Waals surface area contributed by atoms with Gasteiger partial charge in [0, 0.05) is 22.5 Å². The number of hydrogen-bond acceptors (Lipinski definition) is 3. The fourth-order valence-electron chi connectivity index (χ4n) is 1.31. The number of rotatable bonds is 3. The van der Waals surface area contributed by atoms with Crippen LogP contribution in [-0.2, 0) is 5.75 Å². The summed E-state index contributed by atoms with van der Waals surface area (Å²) in [5.41, 5.74) is 7.60. The van der Waals surface area contributed by atoms with Crippen LogP contribution in [0.25, 0.3) is 0 Å². The number of halogens is 1. The zero-order valence-electron chi connectivity index (χ0n) is 8.56. The highest BCUT2D eigenvalue weighted by Gasteiger charge is 2.05. The Morgan fingerprint density at radius 1 is 1.19 bits per heavy atom. The summed E-state index contributed by atoms with van der Waals surface area (Å²) >= 11 is 7.68. The third-order valence-corrected chi connectivity index (χ3v) is 3.70. The Balaban J connectivity index is 2.11. The lowest BCUT2D eigenvalue weighted by Gasteiger charge is -2.06. The van der Waals surface area contributed by atoms with Gasteiger partial charge in [0.2, 0.25) is 0 Å². The second kappa shape index (κ2) is 5.23. The molecule has 0 unspecified atom stereocenters. The predicted molar refractivity (Wildman–Crippen MR) is 69.7 cm³/mol. The molecule has 0 spiro atoms. The van der Waals surface area contributed by atoms with Gasteiger partial charge in [-0.3, -0.25) is 4.98 Å². The van der Waals surface area contributed by atoms with E-state index >= 15 is 0 Å². The predicted octanol–water partition coefficient (Wildman–Crippen LogP) is 3.61. The van der Waals surface area contributed by atoms with Crippen molar-refractivity contribution in [1.82, 2.24) is 4.98 Å². The van der Waals surface area contributed by atoms with Crippen LogP contribution >= 0.6 is 23.4 Å². The molecule has 0 fully saturated rings. The highest BCUT2D eigenvalue weighted by atomic mass is 35.5. The molecule has 82 valence electrons. The first-order chi connectivity index (χ1) is 7.77. The van der Waals surface area contributed by atoms with E-state index in [-0.39, 0.29) is 0 Å². The van der Waals surface area contributed by atoms with Crippen LogP contribution < -0.4 is 5.73 Å². The van der Waals surface area contributed by atoms with E-state index in [0.29, 0.717) is 10.7 Å². The number of nitrogens with zero attached hydrogens (tertiary/aromatic N) is 1. The number of benzene rings is 1. The number of thioether (sulfide) groups is 1. The minimum atomic E-state index is 0.695. The summed E-state index contributed by atoms with van der Waals surface area (Å²) in [6.07, 6.45) is 1.78. The van der Waals surface area contributed by atoms with Gasteiger partial charge in [0.1, 0.15) is 0 Å². The summed E-state index contributed by atoms with van der Waals surface area (Å²) in [5, 5.41) is 0.695. The van der Waals surface area contributed by atoms with Crippen LogP contribution in [0.4, 0.5) is 5.69 Å². The molecule has 2 N–H and O–H groups in total. The lowest BCUT2D eigenvalue weighted by molar-refractivity contribution is 1.17. The molecule has 2 aromatic rings. The van der Waals surface area contributed by atoms with E-state index in [9.17, 15) is 0 Å². The number of hydrogen-bond donors (Lipinski definition) is 1. The first kappa shape index (κ1) is 11.3. The Morgan fingerprint density at radius 3 is 2.75 bits per heavy atom. The van der Waals surface area contributed by atoms with Gasteiger partial charge in [0.05, 0.1) is 10.7 Å². The van der Waals surface area contributed by atoms with Crippen molar-refractivity contribution in [3.8, 4) is 0 Å². The van der Waals surface area contributed by atoms with Crippen molar-refractivity contribution in [2.45, 2.75) is 10.6 Å². The number of pyridine rings is 1. The molecule has 0 saturated carbocycles. The molecular weight excluding hydrogens is 240 g/mol. The van der Waals surface area contributed by atoms with Gasteiger partial charge < -0.3 is 5.73 Å². The van der Waals surface area contributed by atoms with E-state index in [1.807, 2.05) is 36.4 Å². The summed E-state index contributed by atoms with van der Waals surface area (Å²) < 4.78 is 0. The van der Waals surface area contributed by atoms with Crippen molar-refractivity contribution < 1.29 is 0 Å². The third kappa shape index (κ3) is 2.68. The molecule has 2 rings (SSSR count). The zero-order valence-corrected chi connectivity index (χ0v) is 10.1. The Morgan fingerprint density at radius 2 is 2.06 bits per heavy atom. The number of anilines is 1. The molecule has 1 aromatic carbocycles. The SMILES string of the molecule is Nc1cccc(Cl)c1SCc1ccccn1. The molecule has 1 aromatic heterocycles. The molecule has 16 heavy (non-hydrogen) atoms. The number of aromatic nitrogens is 1. The molecule has 0 bridgehead atoms. The van der Waals surface area contributed by atoms with E-state index in [4.69, 9.17) is 17.3 Å². The van der Waals surface area contributed by atoms with Gasteiger partial charge in [-0.25, -0.2) is 0 Å². The van der Waals surface area contributed by atoms with Gasteiger partial charge in [-0.2, -0.15) is 0 Å². The normalized spacial score (nSPS) is 10.3. The summed E-state index contributed by atoms with van der Waals surface area (Å²) in [7, 11) is 0. The molecular formula is C12H11ClN2S. The molecule has 4 heteroatoms. The van der Waals surface area contributed by atoms with Crippen LogP contribution in [0.2, 0.25) is 5.02 Å². The van der Waals surface area contributed by atoms with Gasteiger partial charge in [-0.1, -0.05) is 23.7 Å². The highest BCUT2D eigenvalue weighted by molar-refractivity contribution is 7.98. The number of nitrogen functional groups attached to an aromatic ring is 1. The maximum absolute atomic E-state index is 6.07. The first-order valence-electron chi connectivity index (χ1n) is 4.84. The molecule has 0 aliphatic heterocycles. The lowest BCUT2D eigenvalue weighted by Crippen LogP contribution is -1.90. The summed E-state index contributed by atoms with van der Waals surface area (Å²) in [6, 6.07) is 11.4. The fourth-order valence-corrected chi connectivity index (χ4v) is 2.56. The Labute approximate surface area is 104 Å². The maximum atomic E-state index is 6.07. The Bertz CT molecular complexity index is 453. The molecule has 2 nitrogen and oxygen atoms in total. The van der Waals surface area contributed by atoms with Crippen LogP contribution in [0.5, 0.6) is 0 Å². The molecule has 0 atom stereocenters. The largest absolute Gasteiger partial charge is 0.398 e. The standard InChI is InChI=1S/C12H11ClN2S/c13-10-5-3-6-11(14)12(10)16-8-9-4-1-2-7-15-9/h1-7H,8,14H2. The van der Waals surface area contributed by atoms with Crippen LogP contribution in [0.1, 0.15) is 5.69 Å². The van der Waals surface area contributed by atoms with Gasteiger partial charge in [-0.05, 0) is 24.3 Å². The van der Waals surface area contributed by atoms with E-state index in [1.54, 1.807) is 18.0 Å². The average molecular weight is 251 g/mol. The topological polar surface area (TPSA) is 38.9 Å². The molecule has 0 saturated heterocycles. The second-order valence-electron chi connectivity index (χ2n) is 3.27. The van der Waals surface area contributed by atoms with Crippen LogP contribution in [0.15, 0.2) is 47.5 Å². The van der Waals surface area contributed by atoms with Gasteiger partial charge in [0.15, 0.2) is 0 Å². The Hall–Kier alpha value is -1.19.